The number of benzene rings is 2. The summed E-state index contributed by atoms with van der Waals surface area (Å²) in [5, 5.41) is 20.9. The molecule has 0 bridgehead atoms. The third kappa shape index (κ3) is 4.95. The number of rotatable bonds is 7. The Morgan fingerprint density at radius 1 is 1.13 bits per heavy atom. The summed E-state index contributed by atoms with van der Waals surface area (Å²) in [7, 11) is -0.986. The van der Waals surface area contributed by atoms with Crippen LogP contribution in [0.1, 0.15) is 51.5 Å². The minimum absolute atomic E-state index is 0.126. The first-order valence-corrected chi connectivity index (χ1v) is 13.9. The van der Waals surface area contributed by atoms with Gasteiger partial charge in [-0.15, -0.1) is 0 Å². The first kappa shape index (κ1) is 26.7. The molecule has 5 rings (SSSR count). The Hall–Kier alpha value is -2.87. The summed E-state index contributed by atoms with van der Waals surface area (Å²) in [6.07, 6.45) is 5.57. The zero-order chi connectivity index (χ0) is 27.0. The van der Waals surface area contributed by atoms with Crippen molar-refractivity contribution in [2.45, 2.75) is 58.4 Å². The molecule has 8 heteroatoms. The maximum absolute atomic E-state index is 13.7. The molecular formula is C30H33BClNO5. The average molecular weight is 534 g/mol. The molecule has 2 N–H and O–H groups in total. The average Bonchev–Trinajstić information content (AvgIpc) is 3.16. The molecule has 4 atom stereocenters. The number of carbonyl (C=O) groups is 2. The van der Waals surface area contributed by atoms with Gasteiger partial charge in [0.25, 0.3) is 0 Å². The van der Waals surface area contributed by atoms with Crippen LogP contribution < -0.4 is 4.90 Å². The van der Waals surface area contributed by atoms with Crippen molar-refractivity contribution < 1.29 is 24.4 Å². The molecule has 2 heterocycles. The van der Waals surface area contributed by atoms with Gasteiger partial charge < -0.3 is 14.8 Å². The van der Waals surface area contributed by atoms with Crippen molar-refractivity contribution in [1.29, 1.82) is 0 Å². The van der Waals surface area contributed by atoms with Gasteiger partial charge in [-0.1, -0.05) is 60.9 Å². The van der Waals surface area contributed by atoms with Crippen molar-refractivity contribution in [2.24, 2.45) is 17.8 Å². The molecule has 38 heavy (non-hydrogen) atoms. The number of allylic oxidation sites excluding steroid dienone is 2. The standard InChI is InChI=1S/C30H33BClNO5/c1-3-18(14-20-11-12-22(34)16-25(20)32)10-13-26-27-19(4-2)15-23-28(24(27)17-31(37)38-26)30(36)33(29(23)35)21-8-6-5-7-9-21/h5-9,11-12,14,16,23-24,26,28,34,37H,3-4,10,13,15,17H2,1-2H3/b18-14+/t23-,24+,26-,28-/m1/s1. The Bertz CT molecular complexity index is 1290. The Kier molecular flexibility index (Phi) is 7.80. The minimum Gasteiger partial charge on any atom is -0.508 e. The first-order chi connectivity index (χ1) is 18.3. The van der Waals surface area contributed by atoms with Crippen molar-refractivity contribution in [3.8, 4) is 5.75 Å². The van der Waals surface area contributed by atoms with Crippen molar-refractivity contribution in [3.63, 3.8) is 0 Å². The van der Waals surface area contributed by atoms with Crippen LogP contribution in [0.3, 0.4) is 0 Å². The highest BCUT2D eigenvalue weighted by Crippen LogP contribution is 2.51. The summed E-state index contributed by atoms with van der Waals surface area (Å²) in [6.45, 7) is 4.17. The fourth-order valence-corrected chi connectivity index (χ4v) is 6.68. The second kappa shape index (κ2) is 11.1. The zero-order valence-corrected chi connectivity index (χ0v) is 22.5. The lowest BCUT2D eigenvalue weighted by Gasteiger charge is -2.43. The number of halogens is 1. The van der Waals surface area contributed by atoms with Gasteiger partial charge >= 0.3 is 7.12 Å². The van der Waals surface area contributed by atoms with E-state index in [0.29, 0.717) is 29.9 Å². The Balaban J connectivity index is 1.42. The Labute approximate surface area is 229 Å². The van der Waals surface area contributed by atoms with E-state index in [4.69, 9.17) is 16.3 Å². The largest absolute Gasteiger partial charge is 0.508 e. The molecule has 2 amide bonds. The molecule has 0 aromatic heterocycles. The topological polar surface area (TPSA) is 87.1 Å². The van der Waals surface area contributed by atoms with Crippen LogP contribution in [0.4, 0.5) is 5.69 Å². The van der Waals surface area contributed by atoms with Gasteiger partial charge in [0.15, 0.2) is 0 Å². The number of para-hydroxylation sites is 1. The first-order valence-electron chi connectivity index (χ1n) is 13.5. The quantitative estimate of drug-likeness (QED) is 0.258. The molecule has 198 valence electrons. The number of fused-ring (bicyclic) bond motifs is 3. The smallest absolute Gasteiger partial charge is 0.455 e. The van der Waals surface area contributed by atoms with Crippen LogP contribution in [0.5, 0.6) is 5.75 Å². The number of hydrogen-bond donors (Lipinski definition) is 2. The van der Waals surface area contributed by atoms with Gasteiger partial charge in [0.2, 0.25) is 11.8 Å². The van der Waals surface area contributed by atoms with E-state index in [2.05, 4.69) is 13.8 Å². The predicted octanol–water partition coefficient (Wildman–Crippen LogP) is 6.03. The van der Waals surface area contributed by atoms with E-state index in [9.17, 15) is 19.7 Å². The van der Waals surface area contributed by atoms with Crippen molar-refractivity contribution in [1.82, 2.24) is 0 Å². The van der Waals surface area contributed by atoms with E-state index in [1.807, 2.05) is 24.3 Å². The molecular weight excluding hydrogens is 501 g/mol. The van der Waals surface area contributed by atoms with Gasteiger partial charge in [-0.05, 0) is 85.8 Å². The number of imide groups is 1. The van der Waals surface area contributed by atoms with E-state index in [-0.39, 0.29) is 29.6 Å². The molecule has 3 aliphatic rings. The van der Waals surface area contributed by atoms with Crippen molar-refractivity contribution in [3.05, 3.63) is 75.8 Å². The van der Waals surface area contributed by atoms with E-state index in [0.717, 1.165) is 30.4 Å². The van der Waals surface area contributed by atoms with Crippen molar-refractivity contribution in [2.75, 3.05) is 4.90 Å². The van der Waals surface area contributed by atoms with Crippen LogP contribution >= 0.6 is 11.6 Å². The molecule has 2 aromatic rings. The number of nitrogens with zero attached hydrogens (tertiary/aromatic N) is 1. The number of anilines is 1. The lowest BCUT2D eigenvalue weighted by atomic mass is 9.58. The summed E-state index contributed by atoms with van der Waals surface area (Å²) in [4.78, 5) is 28.5. The number of aromatic hydroxyl groups is 1. The second-order valence-electron chi connectivity index (χ2n) is 10.4. The highest BCUT2D eigenvalue weighted by Gasteiger charge is 2.57. The van der Waals surface area contributed by atoms with E-state index in [1.165, 1.54) is 22.1 Å². The maximum Gasteiger partial charge on any atom is 0.455 e. The zero-order valence-electron chi connectivity index (χ0n) is 21.8. The van der Waals surface area contributed by atoms with Gasteiger partial charge in [0, 0.05) is 0 Å². The Morgan fingerprint density at radius 2 is 1.89 bits per heavy atom. The van der Waals surface area contributed by atoms with E-state index in [1.54, 1.807) is 24.3 Å². The normalized spacial score (nSPS) is 25.6. The second-order valence-corrected chi connectivity index (χ2v) is 10.8. The number of amides is 2. The van der Waals surface area contributed by atoms with Gasteiger partial charge in [0.05, 0.1) is 28.6 Å². The highest BCUT2D eigenvalue weighted by atomic mass is 35.5. The molecule has 2 aliphatic heterocycles. The lowest BCUT2D eigenvalue weighted by Crippen LogP contribution is -2.46. The van der Waals surface area contributed by atoms with Gasteiger partial charge in [-0.2, -0.15) is 0 Å². The lowest BCUT2D eigenvalue weighted by molar-refractivity contribution is -0.122. The fraction of sp³-hybridized carbons (Fsp3) is 0.400. The van der Waals surface area contributed by atoms with Gasteiger partial charge in [0.1, 0.15) is 5.75 Å². The maximum atomic E-state index is 13.7. The van der Waals surface area contributed by atoms with E-state index < -0.39 is 19.0 Å². The van der Waals surface area contributed by atoms with Gasteiger partial charge in [-0.25, -0.2) is 0 Å². The molecule has 1 aliphatic carbocycles. The van der Waals surface area contributed by atoms with Crippen molar-refractivity contribution >= 4 is 42.3 Å². The predicted molar refractivity (Wildman–Crippen MR) is 150 cm³/mol. The number of phenols is 1. The summed E-state index contributed by atoms with van der Waals surface area (Å²) in [5.74, 6) is -1.29. The molecule has 0 saturated carbocycles. The van der Waals surface area contributed by atoms with Crippen LogP contribution in [0, 0.1) is 17.8 Å². The molecule has 0 unspecified atom stereocenters. The highest BCUT2D eigenvalue weighted by molar-refractivity contribution is 6.43. The summed E-state index contributed by atoms with van der Waals surface area (Å²) in [5.41, 5.74) is 4.90. The van der Waals surface area contributed by atoms with Gasteiger partial charge in [-0.3, -0.25) is 14.5 Å². The fourth-order valence-electron chi connectivity index (χ4n) is 6.45. The SMILES string of the molecule is CCC1=C2[C@@H](CC/C(=C/c3ccc(O)cc3Cl)CC)OB(O)C[C@@H]2[C@@H]2C(=O)N(c3ccccc3)C(=O)[C@@H]2C1. The molecule has 0 spiro atoms. The van der Waals surface area contributed by atoms with Crippen LogP contribution in [0.15, 0.2) is 65.3 Å². The third-order valence-electron chi connectivity index (χ3n) is 8.27. The van der Waals surface area contributed by atoms with Crippen LogP contribution in [-0.2, 0) is 14.2 Å². The van der Waals surface area contributed by atoms with E-state index >= 15 is 0 Å². The third-order valence-corrected chi connectivity index (χ3v) is 8.60. The summed E-state index contributed by atoms with van der Waals surface area (Å²) >= 11 is 6.33. The molecule has 0 radical (unpaired) electrons. The minimum atomic E-state index is -0.986. The van der Waals surface area contributed by atoms with Crippen LogP contribution in [0.25, 0.3) is 6.08 Å². The Morgan fingerprint density at radius 3 is 2.58 bits per heavy atom. The summed E-state index contributed by atoms with van der Waals surface area (Å²) < 4.78 is 6.10. The molecule has 2 aromatic carbocycles. The molecule has 6 nitrogen and oxygen atoms in total. The number of phenolic OH excluding ortho intramolecular Hbond substituents is 1. The molecule has 2 fully saturated rings. The monoisotopic (exact) mass is 533 g/mol. The molecule has 2 saturated heterocycles. The number of carbonyl (C=O) groups excluding carboxylic acids is 2. The van der Waals surface area contributed by atoms with Crippen LogP contribution in [-0.4, -0.2) is 35.2 Å². The van der Waals surface area contributed by atoms with Crippen LogP contribution in [0.2, 0.25) is 11.3 Å². The summed E-state index contributed by atoms with van der Waals surface area (Å²) in [6, 6.07) is 14.1. The number of hydrogen-bond acceptors (Lipinski definition) is 5.